The molecule has 0 saturated carbocycles. The molecule has 0 spiro atoms. The van der Waals surface area contributed by atoms with E-state index in [0.29, 0.717) is 17.1 Å². The Labute approximate surface area is 107 Å². The molecule has 100 valence electrons. The van der Waals surface area contributed by atoms with E-state index in [1.807, 2.05) is 0 Å². The van der Waals surface area contributed by atoms with E-state index in [4.69, 9.17) is 10.5 Å². The van der Waals surface area contributed by atoms with Gasteiger partial charge in [0, 0.05) is 18.0 Å². The summed E-state index contributed by atoms with van der Waals surface area (Å²) in [5.41, 5.74) is 6.58. The zero-order valence-corrected chi connectivity index (χ0v) is 10.2. The lowest BCUT2D eigenvalue weighted by Gasteiger charge is -2.06. The number of hydrogen-bond acceptors (Lipinski definition) is 7. The highest BCUT2D eigenvalue weighted by atomic mass is 16.6. The predicted octanol–water partition coefficient (Wildman–Crippen LogP) is -0.135. The Morgan fingerprint density at radius 1 is 1.47 bits per heavy atom. The van der Waals surface area contributed by atoms with Gasteiger partial charge in [0.15, 0.2) is 0 Å². The van der Waals surface area contributed by atoms with E-state index >= 15 is 0 Å². The maximum Gasteiger partial charge on any atom is 0.326 e. The molecule has 0 aliphatic heterocycles. The largest absolute Gasteiger partial charge is 0.458 e. The Hall–Kier alpha value is -2.64. The van der Waals surface area contributed by atoms with Crippen LogP contribution in [0.1, 0.15) is 11.4 Å². The fourth-order valence-corrected chi connectivity index (χ4v) is 1.39. The minimum absolute atomic E-state index is 0.0504. The number of pyridine rings is 1. The van der Waals surface area contributed by atoms with Gasteiger partial charge in [0.2, 0.25) is 0 Å². The van der Waals surface area contributed by atoms with E-state index in [2.05, 4.69) is 14.9 Å². The molecule has 2 aromatic rings. The number of rotatable bonds is 4. The van der Waals surface area contributed by atoms with Crippen LogP contribution in [0.15, 0.2) is 27.8 Å². The van der Waals surface area contributed by atoms with Gasteiger partial charge in [-0.05, 0) is 13.0 Å². The number of carbonyl (C=O) groups excluding carboxylic acids is 1. The second-order valence-electron chi connectivity index (χ2n) is 3.89. The van der Waals surface area contributed by atoms with Gasteiger partial charge in [0.05, 0.1) is 0 Å². The lowest BCUT2D eigenvalue weighted by atomic mass is 10.4. The zero-order valence-electron chi connectivity index (χ0n) is 10.2. The predicted molar refractivity (Wildman–Crippen MR) is 63.9 cm³/mol. The first-order chi connectivity index (χ1) is 9.06. The van der Waals surface area contributed by atoms with E-state index in [1.54, 1.807) is 6.92 Å². The first kappa shape index (κ1) is 12.8. The highest BCUT2D eigenvalue weighted by Crippen LogP contribution is 2.03. The molecule has 0 unspecified atom stereocenters. The molecule has 19 heavy (non-hydrogen) atoms. The highest BCUT2D eigenvalue weighted by molar-refractivity contribution is 5.69. The van der Waals surface area contributed by atoms with Crippen LogP contribution in [0.25, 0.3) is 0 Å². The number of aromatic nitrogens is 3. The maximum atomic E-state index is 11.6. The molecule has 0 aliphatic carbocycles. The summed E-state index contributed by atoms with van der Waals surface area (Å²) in [5.74, 6) is -0.574. The quantitative estimate of drug-likeness (QED) is 0.765. The van der Waals surface area contributed by atoms with Crippen LogP contribution in [-0.4, -0.2) is 20.8 Å². The van der Waals surface area contributed by atoms with Gasteiger partial charge in [0.25, 0.3) is 5.56 Å². The van der Waals surface area contributed by atoms with Crippen molar-refractivity contribution < 1.29 is 14.2 Å². The Morgan fingerprint density at radius 3 is 2.95 bits per heavy atom. The van der Waals surface area contributed by atoms with E-state index in [0.717, 1.165) is 0 Å². The molecule has 8 nitrogen and oxygen atoms in total. The lowest BCUT2D eigenvalue weighted by molar-refractivity contribution is -0.145. The van der Waals surface area contributed by atoms with E-state index in [1.165, 1.54) is 22.9 Å². The van der Waals surface area contributed by atoms with Crippen LogP contribution in [0.2, 0.25) is 0 Å². The third-order valence-corrected chi connectivity index (χ3v) is 2.42. The number of hydrogen-bond donors (Lipinski definition) is 1. The van der Waals surface area contributed by atoms with Crippen LogP contribution in [0.4, 0.5) is 5.69 Å². The summed E-state index contributed by atoms with van der Waals surface area (Å²) in [6, 6.07) is 2.75. The van der Waals surface area contributed by atoms with Crippen LogP contribution < -0.4 is 11.3 Å². The maximum absolute atomic E-state index is 11.6. The van der Waals surface area contributed by atoms with E-state index in [9.17, 15) is 9.59 Å². The highest BCUT2D eigenvalue weighted by Gasteiger charge is 2.10. The molecular formula is C11H12N4O4. The number of carbonyl (C=O) groups is 1. The molecule has 2 N–H and O–H groups in total. The smallest absolute Gasteiger partial charge is 0.326 e. The molecule has 0 radical (unpaired) electrons. The van der Waals surface area contributed by atoms with Crippen LogP contribution >= 0.6 is 0 Å². The molecule has 8 heteroatoms. The van der Waals surface area contributed by atoms with Crippen molar-refractivity contribution in [3.63, 3.8) is 0 Å². The molecule has 2 heterocycles. The summed E-state index contributed by atoms with van der Waals surface area (Å²) in [7, 11) is 0. The molecule has 0 aromatic carbocycles. The first-order valence-corrected chi connectivity index (χ1v) is 5.46. The molecule has 0 atom stereocenters. The van der Waals surface area contributed by atoms with Gasteiger partial charge in [-0.25, -0.2) is 4.63 Å². The Bertz CT molecular complexity index is 646. The second kappa shape index (κ2) is 5.34. The molecular weight excluding hydrogens is 252 g/mol. The molecule has 0 bridgehead atoms. The van der Waals surface area contributed by atoms with Crippen molar-refractivity contribution in [3.05, 3.63) is 40.1 Å². The minimum atomic E-state index is -0.574. The fraction of sp³-hybridized carbons (Fsp3) is 0.273. The number of nitrogens with two attached hydrogens (primary N) is 1. The summed E-state index contributed by atoms with van der Waals surface area (Å²) in [5, 5.41) is 7.13. The Morgan fingerprint density at radius 2 is 2.26 bits per heavy atom. The Kier molecular flexibility index (Phi) is 3.60. The number of esters is 1. The van der Waals surface area contributed by atoms with Gasteiger partial charge in [-0.1, -0.05) is 10.3 Å². The molecule has 0 aliphatic rings. The Balaban J connectivity index is 1.96. The number of ether oxygens (including phenoxy) is 1. The minimum Gasteiger partial charge on any atom is -0.458 e. The van der Waals surface area contributed by atoms with Crippen LogP contribution in [0.5, 0.6) is 0 Å². The third-order valence-electron chi connectivity index (χ3n) is 2.42. The number of aryl methyl sites for hydroxylation is 1. The summed E-state index contributed by atoms with van der Waals surface area (Å²) in [6.45, 7) is 1.42. The van der Waals surface area contributed by atoms with Gasteiger partial charge in [0.1, 0.15) is 24.5 Å². The summed E-state index contributed by atoms with van der Waals surface area (Å²) in [6.07, 6.45) is 1.38. The SMILES string of the molecule is Cc1nonc1COC(=O)Cn1cc(N)ccc1=O. The molecule has 0 saturated heterocycles. The van der Waals surface area contributed by atoms with Gasteiger partial charge >= 0.3 is 5.97 Å². The molecule has 2 rings (SSSR count). The number of anilines is 1. The monoisotopic (exact) mass is 264 g/mol. The molecule has 0 amide bonds. The van der Waals surface area contributed by atoms with Gasteiger partial charge < -0.3 is 15.0 Å². The van der Waals surface area contributed by atoms with Crippen LogP contribution in [-0.2, 0) is 22.7 Å². The summed E-state index contributed by atoms with van der Waals surface area (Å²) >= 11 is 0. The summed E-state index contributed by atoms with van der Waals surface area (Å²) in [4.78, 5) is 23.0. The first-order valence-electron chi connectivity index (χ1n) is 5.46. The fourth-order valence-electron chi connectivity index (χ4n) is 1.39. The second-order valence-corrected chi connectivity index (χ2v) is 3.89. The van der Waals surface area contributed by atoms with Crippen molar-refractivity contribution in [2.24, 2.45) is 0 Å². The van der Waals surface area contributed by atoms with E-state index < -0.39 is 5.97 Å². The number of nitrogen functional groups attached to an aromatic ring is 1. The average molecular weight is 264 g/mol. The van der Waals surface area contributed by atoms with Crippen molar-refractivity contribution in [1.82, 2.24) is 14.9 Å². The van der Waals surface area contributed by atoms with Gasteiger partial charge in [-0.2, -0.15) is 0 Å². The zero-order chi connectivity index (χ0) is 13.8. The molecule has 2 aromatic heterocycles. The van der Waals surface area contributed by atoms with Crippen LogP contribution in [0.3, 0.4) is 0 Å². The third kappa shape index (κ3) is 3.18. The van der Waals surface area contributed by atoms with Crippen molar-refractivity contribution >= 4 is 11.7 Å². The van der Waals surface area contributed by atoms with Gasteiger partial charge in [-0.15, -0.1) is 0 Å². The lowest BCUT2D eigenvalue weighted by Crippen LogP contribution is -2.24. The van der Waals surface area contributed by atoms with Crippen molar-refractivity contribution in [3.8, 4) is 0 Å². The van der Waals surface area contributed by atoms with Crippen molar-refractivity contribution in [2.75, 3.05) is 5.73 Å². The topological polar surface area (TPSA) is 113 Å². The average Bonchev–Trinajstić information content (AvgIpc) is 2.77. The molecule has 0 fully saturated rings. The van der Waals surface area contributed by atoms with Crippen LogP contribution in [0, 0.1) is 6.92 Å². The van der Waals surface area contributed by atoms with E-state index in [-0.39, 0.29) is 18.7 Å². The number of nitrogens with zero attached hydrogens (tertiary/aromatic N) is 3. The normalized spacial score (nSPS) is 10.4. The van der Waals surface area contributed by atoms with Gasteiger partial charge in [-0.3, -0.25) is 9.59 Å². The van der Waals surface area contributed by atoms with Crippen molar-refractivity contribution in [1.29, 1.82) is 0 Å². The summed E-state index contributed by atoms with van der Waals surface area (Å²) < 4.78 is 10.6. The van der Waals surface area contributed by atoms with Crippen molar-refractivity contribution in [2.45, 2.75) is 20.1 Å². The standard InChI is InChI=1S/C11H12N4O4/c1-7-9(14-19-13-7)6-18-11(17)5-15-4-8(12)2-3-10(15)16/h2-4H,5-6,12H2,1H3.